The zero-order chi connectivity index (χ0) is 11.5. The van der Waals surface area contributed by atoms with E-state index in [0.717, 1.165) is 22.4 Å². The number of rotatable bonds is 3. The predicted molar refractivity (Wildman–Crippen MR) is 68.8 cm³/mol. The molecule has 0 saturated carbocycles. The number of hydrogen-bond donors (Lipinski definition) is 1. The maximum Gasteiger partial charge on any atom is 0.0790 e. The topological polar surface area (TPSA) is 29.9 Å². The number of halogens is 1. The Morgan fingerprint density at radius 1 is 1.38 bits per heavy atom. The van der Waals surface area contributed by atoms with E-state index in [1.165, 1.54) is 5.56 Å². The highest BCUT2D eigenvalue weighted by atomic mass is 79.9. The quantitative estimate of drug-likeness (QED) is 0.936. The van der Waals surface area contributed by atoms with Crippen LogP contribution in [0.2, 0.25) is 0 Å². The third-order valence-electron chi connectivity index (χ3n) is 2.42. The molecule has 1 heterocycles. The summed E-state index contributed by atoms with van der Waals surface area (Å²) in [4.78, 5) is 0. The van der Waals surface area contributed by atoms with Crippen LogP contribution in [0.25, 0.3) is 5.69 Å². The fourth-order valence-electron chi connectivity index (χ4n) is 1.58. The van der Waals surface area contributed by atoms with Crippen molar-refractivity contribution in [2.45, 2.75) is 13.5 Å². The predicted octanol–water partition coefficient (Wildman–Crippen LogP) is 2.66. The molecule has 0 aliphatic heterocycles. The summed E-state index contributed by atoms with van der Waals surface area (Å²) < 4.78 is 2.98. The Kier molecular flexibility index (Phi) is 3.41. The van der Waals surface area contributed by atoms with Gasteiger partial charge in [0.1, 0.15) is 0 Å². The van der Waals surface area contributed by atoms with Gasteiger partial charge >= 0.3 is 0 Å². The first-order chi connectivity index (χ1) is 7.72. The molecule has 0 spiro atoms. The molecule has 2 aromatic rings. The molecular weight excluding hydrogens is 266 g/mol. The highest BCUT2D eigenvalue weighted by Crippen LogP contribution is 2.24. The van der Waals surface area contributed by atoms with Crippen LogP contribution in [0.1, 0.15) is 11.3 Å². The van der Waals surface area contributed by atoms with Crippen LogP contribution in [0.3, 0.4) is 0 Å². The lowest BCUT2D eigenvalue weighted by atomic mass is 10.2. The summed E-state index contributed by atoms with van der Waals surface area (Å²) in [6, 6.07) is 8.18. The molecule has 0 fully saturated rings. The Morgan fingerprint density at radius 2 is 2.19 bits per heavy atom. The van der Waals surface area contributed by atoms with Crippen molar-refractivity contribution in [3.05, 3.63) is 46.2 Å². The number of benzene rings is 1. The van der Waals surface area contributed by atoms with Gasteiger partial charge in [-0.25, -0.2) is 4.68 Å². The maximum absolute atomic E-state index is 4.50. The monoisotopic (exact) mass is 279 g/mol. The molecule has 0 unspecified atom stereocenters. The van der Waals surface area contributed by atoms with Crippen LogP contribution in [0.4, 0.5) is 0 Å². The lowest BCUT2D eigenvalue weighted by Crippen LogP contribution is -2.06. The molecule has 84 valence electrons. The van der Waals surface area contributed by atoms with E-state index in [-0.39, 0.29) is 0 Å². The Hall–Kier alpha value is -1.13. The summed E-state index contributed by atoms with van der Waals surface area (Å²) >= 11 is 3.59. The van der Waals surface area contributed by atoms with Crippen molar-refractivity contribution in [3.63, 3.8) is 0 Å². The summed E-state index contributed by atoms with van der Waals surface area (Å²) in [7, 11) is 1.92. The van der Waals surface area contributed by atoms with Gasteiger partial charge < -0.3 is 5.32 Å². The average Bonchev–Trinajstić information content (AvgIpc) is 2.71. The van der Waals surface area contributed by atoms with Gasteiger partial charge in [-0.2, -0.15) is 5.10 Å². The standard InChI is InChI=1S/C12H14BrN3/c1-9-4-3-5-11(12(9)13)16-7-6-10(15-16)8-14-2/h3-7,14H,8H2,1-2H3. The molecule has 1 aromatic heterocycles. The highest BCUT2D eigenvalue weighted by Gasteiger charge is 2.05. The molecule has 0 amide bonds. The number of nitrogens with zero attached hydrogens (tertiary/aromatic N) is 2. The highest BCUT2D eigenvalue weighted by molar-refractivity contribution is 9.10. The molecule has 16 heavy (non-hydrogen) atoms. The van der Waals surface area contributed by atoms with E-state index >= 15 is 0 Å². The Balaban J connectivity index is 2.39. The number of hydrogen-bond acceptors (Lipinski definition) is 2. The Labute approximate surface area is 104 Å². The van der Waals surface area contributed by atoms with Gasteiger partial charge in [0.25, 0.3) is 0 Å². The third-order valence-corrected chi connectivity index (χ3v) is 3.45. The van der Waals surface area contributed by atoms with Crippen molar-refractivity contribution < 1.29 is 0 Å². The fraction of sp³-hybridized carbons (Fsp3) is 0.250. The summed E-state index contributed by atoms with van der Waals surface area (Å²) in [5, 5.41) is 7.58. The molecule has 1 aromatic carbocycles. The van der Waals surface area contributed by atoms with Crippen LogP contribution in [0.15, 0.2) is 34.9 Å². The van der Waals surface area contributed by atoms with Gasteiger partial charge in [-0.15, -0.1) is 0 Å². The third kappa shape index (κ3) is 2.18. The van der Waals surface area contributed by atoms with Gasteiger partial charge in [-0.05, 0) is 47.6 Å². The van der Waals surface area contributed by atoms with Crippen molar-refractivity contribution in [3.8, 4) is 5.69 Å². The SMILES string of the molecule is CNCc1ccn(-c2cccc(C)c2Br)n1. The molecule has 0 bridgehead atoms. The second kappa shape index (κ2) is 4.80. The summed E-state index contributed by atoms with van der Waals surface area (Å²) in [6.45, 7) is 2.86. The Bertz CT molecular complexity index is 491. The molecule has 0 aliphatic carbocycles. The smallest absolute Gasteiger partial charge is 0.0790 e. The van der Waals surface area contributed by atoms with E-state index < -0.39 is 0 Å². The van der Waals surface area contributed by atoms with Crippen LogP contribution in [0.5, 0.6) is 0 Å². The lowest BCUT2D eigenvalue weighted by molar-refractivity contribution is 0.756. The van der Waals surface area contributed by atoms with Crippen molar-refractivity contribution in [1.29, 1.82) is 0 Å². The number of aryl methyl sites for hydroxylation is 1. The van der Waals surface area contributed by atoms with E-state index in [1.807, 2.05) is 36.1 Å². The zero-order valence-electron chi connectivity index (χ0n) is 9.37. The van der Waals surface area contributed by atoms with Gasteiger partial charge in [-0.3, -0.25) is 0 Å². The van der Waals surface area contributed by atoms with Gasteiger partial charge in [0.05, 0.1) is 11.4 Å². The molecular formula is C12H14BrN3. The summed E-state index contributed by atoms with van der Waals surface area (Å²) in [6.07, 6.45) is 1.98. The van der Waals surface area contributed by atoms with Gasteiger partial charge in [0.2, 0.25) is 0 Å². The average molecular weight is 280 g/mol. The van der Waals surface area contributed by atoms with Crippen molar-refractivity contribution in [2.75, 3.05) is 7.05 Å². The van der Waals surface area contributed by atoms with Crippen LogP contribution >= 0.6 is 15.9 Å². The van der Waals surface area contributed by atoms with Crippen molar-refractivity contribution in [1.82, 2.24) is 15.1 Å². The normalized spacial score (nSPS) is 10.7. The number of aromatic nitrogens is 2. The van der Waals surface area contributed by atoms with Crippen LogP contribution in [-0.2, 0) is 6.54 Å². The molecule has 3 nitrogen and oxygen atoms in total. The number of nitrogens with one attached hydrogen (secondary N) is 1. The lowest BCUT2D eigenvalue weighted by Gasteiger charge is -2.06. The molecule has 4 heteroatoms. The van der Waals surface area contributed by atoms with Crippen molar-refractivity contribution >= 4 is 15.9 Å². The maximum atomic E-state index is 4.50. The van der Waals surface area contributed by atoms with E-state index in [2.05, 4.69) is 39.3 Å². The first-order valence-electron chi connectivity index (χ1n) is 5.17. The molecule has 1 N–H and O–H groups in total. The molecule has 0 radical (unpaired) electrons. The first-order valence-corrected chi connectivity index (χ1v) is 5.96. The van der Waals surface area contributed by atoms with E-state index in [4.69, 9.17) is 0 Å². The van der Waals surface area contributed by atoms with Crippen LogP contribution < -0.4 is 5.32 Å². The van der Waals surface area contributed by atoms with E-state index in [0.29, 0.717) is 0 Å². The largest absolute Gasteiger partial charge is 0.314 e. The molecule has 0 aliphatic rings. The molecule has 0 saturated heterocycles. The second-order valence-electron chi connectivity index (χ2n) is 3.69. The fourth-order valence-corrected chi connectivity index (χ4v) is 2.03. The van der Waals surface area contributed by atoms with Gasteiger partial charge in [0.15, 0.2) is 0 Å². The van der Waals surface area contributed by atoms with Crippen LogP contribution in [-0.4, -0.2) is 16.8 Å². The van der Waals surface area contributed by atoms with Gasteiger partial charge in [0, 0.05) is 17.2 Å². The van der Waals surface area contributed by atoms with E-state index in [1.54, 1.807) is 0 Å². The zero-order valence-corrected chi connectivity index (χ0v) is 11.0. The first kappa shape index (κ1) is 11.4. The minimum Gasteiger partial charge on any atom is -0.314 e. The second-order valence-corrected chi connectivity index (χ2v) is 4.48. The summed E-state index contributed by atoms with van der Waals surface area (Å²) in [5.74, 6) is 0. The molecule has 2 rings (SSSR count). The molecule has 0 atom stereocenters. The minimum absolute atomic E-state index is 0.788. The summed E-state index contributed by atoms with van der Waals surface area (Å²) in [5.41, 5.74) is 3.32. The van der Waals surface area contributed by atoms with Crippen LogP contribution in [0, 0.1) is 6.92 Å². The minimum atomic E-state index is 0.788. The van der Waals surface area contributed by atoms with E-state index in [9.17, 15) is 0 Å². The van der Waals surface area contributed by atoms with Crippen molar-refractivity contribution in [2.24, 2.45) is 0 Å². The van der Waals surface area contributed by atoms with Gasteiger partial charge in [-0.1, -0.05) is 12.1 Å². The Morgan fingerprint density at radius 3 is 2.94 bits per heavy atom.